The maximum Gasteiger partial charge on any atom is 0.128 e. The third-order valence-electron chi connectivity index (χ3n) is 4.93. The number of hydrogen-bond donors (Lipinski definition) is 2. The molecule has 0 aliphatic carbocycles. The molecular weight excluding hydrogens is 303 g/mol. The fraction of sp³-hybridized carbons (Fsp3) is 0.316. The summed E-state index contributed by atoms with van der Waals surface area (Å²) in [6.07, 6.45) is 6.12. The predicted molar refractivity (Wildman–Crippen MR) is 95.8 cm³/mol. The molecule has 0 saturated carbocycles. The summed E-state index contributed by atoms with van der Waals surface area (Å²) in [5.41, 5.74) is 2.91. The Bertz CT molecular complexity index is 832. The molecule has 4 nitrogen and oxygen atoms in total. The monoisotopic (exact) mass is 324 g/mol. The Hall–Kier alpha value is -2.40. The summed E-state index contributed by atoms with van der Waals surface area (Å²) in [5.74, 6) is 0.800. The number of nitrogens with zero attached hydrogens (tertiary/aromatic N) is 2. The highest BCUT2D eigenvalue weighted by atomic mass is 19.1. The quantitative estimate of drug-likeness (QED) is 0.774. The van der Waals surface area contributed by atoms with Crippen molar-refractivity contribution >= 4 is 16.7 Å². The molecule has 1 aliphatic heterocycles. The first-order valence-electron chi connectivity index (χ1n) is 8.40. The fourth-order valence-corrected chi connectivity index (χ4v) is 3.47. The van der Waals surface area contributed by atoms with E-state index in [-0.39, 0.29) is 5.82 Å². The number of pyridine rings is 1. The Labute approximate surface area is 140 Å². The van der Waals surface area contributed by atoms with Crippen LogP contribution < -0.4 is 10.2 Å². The highest BCUT2D eigenvalue weighted by Gasteiger charge is 2.18. The molecule has 0 unspecified atom stereocenters. The van der Waals surface area contributed by atoms with Crippen LogP contribution in [0.25, 0.3) is 22.0 Å². The third kappa shape index (κ3) is 2.76. The lowest BCUT2D eigenvalue weighted by atomic mass is 10.0. The first-order chi connectivity index (χ1) is 11.7. The number of aromatic nitrogens is 2. The van der Waals surface area contributed by atoms with Crippen molar-refractivity contribution in [2.24, 2.45) is 0 Å². The van der Waals surface area contributed by atoms with Crippen molar-refractivity contribution in [2.75, 3.05) is 25.0 Å². The van der Waals surface area contributed by atoms with Gasteiger partial charge in [-0.2, -0.15) is 0 Å². The van der Waals surface area contributed by atoms with Crippen LogP contribution in [-0.2, 0) is 0 Å². The van der Waals surface area contributed by atoms with Crippen molar-refractivity contribution in [3.63, 3.8) is 0 Å². The topological polar surface area (TPSA) is 44.0 Å². The average molecular weight is 324 g/mol. The molecule has 3 heterocycles. The number of halogens is 1. The van der Waals surface area contributed by atoms with Gasteiger partial charge in [-0.15, -0.1) is 0 Å². The Morgan fingerprint density at radius 1 is 1.21 bits per heavy atom. The van der Waals surface area contributed by atoms with Gasteiger partial charge in [0.2, 0.25) is 0 Å². The van der Waals surface area contributed by atoms with Crippen molar-refractivity contribution in [1.29, 1.82) is 0 Å². The van der Waals surface area contributed by atoms with Crippen molar-refractivity contribution in [1.82, 2.24) is 15.3 Å². The lowest BCUT2D eigenvalue weighted by Crippen LogP contribution is -2.41. The van der Waals surface area contributed by atoms with E-state index in [4.69, 9.17) is 0 Å². The van der Waals surface area contributed by atoms with E-state index in [2.05, 4.69) is 32.3 Å². The van der Waals surface area contributed by atoms with Gasteiger partial charge in [-0.05, 0) is 50.2 Å². The van der Waals surface area contributed by atoms with Crippen LogP contribution in [0.4, 0.5) is 10.2 Å². The summed E-state index contributed by atoms with van der Waals surface area (Å²) in [7, 11) is 2.03. The van der Waals surface area contributed by atoms with Crippen molar-refractivity contribution in [3.8, 4) is 11.1 Å². The largest absolute Gasteiger partial charge is 0.360 e. The molecule has 1 aromatic carbocycles. The highest BCUT2D eigenvalue weighted by Crippen LogP contribution is 2.29. The summed E-state index contributed by atoms with van der Waals surface area (Å²) in [6.45, 7) is 2.06. The van der Waals surface area contributed by atoms with E-state index in [0.29, 0.717) is 6.04 Å². The molecular formula is C19H21FN4. The van der Waals surface area contributed by atoms with Gasteiger partial charge in [-0.3, -0.25) is 0 Å². The van der Waals surface area contributed by atoms with Gasteiger partial charge < -0.3 is 15.2 Å². The standard InChI is InChI=1S/C19H21FN4/c1-21-15-6-8-24(9-7-15)19-5-2-13(11-23-19)17-12-22-18-10-14(20)3-4-16(17)18/h2-5,10-12,15,21-22H,6-9H2,1H3. The van der Waals surface area contributed by atoms with Crippen LogP contribution in [0, 0.1) is 5.82 Å². The lowest BCUT2D eigenvalue weighted by Gasteiger charge is -2.32. The van der Waals surface area contributed by atoms with Gasteiger partial charge in [0.1, 0.15) is 11.6 Å². The summed E-state index contributed by atoms with van der Waals surface area (Å²) < 4.78 is 13.3. The lowest BCUT2D eigenvalue weighted by molar-refractivity contribution is 0.441. The van der Waals surface area contributed by atoms with E-state index < -0.39 is 0 Å². The van der Waals surface area contributed by atoms with Gasteiger partial charge in [0, 0.05) is 53.6 Å². The van der Waals surface area contributed by atoms with Gasteiger partial charge in [0.25, 0.3) is 0 Å². The zero-order valence-electron chi connectivity index (χ0n) is 13.7. The fourth-order valence-electron chi connectivity index (χ4n) is 3.47. The van der Waals surface area contributed by atoms with E-state index in [1.165, 1.54) is 12.1 Å². The highest BCUT2D eigenvalue weighted by molar-refractivity contribution is 5.95. The molecule has 24 heavy (non-hydrogen) atoms. The minimum Gasteiger partial charge on any atom is -0.360 e. The number of nitrogens with one attached hydrogen (secondary N) is 2. The number of piperidine rings is 1. The van der Waals surface area contributed by atoms with Crippen LogP contribution >= 0.6 is 0 Å². The second-order valence-electron chi connectivity index (χ2n) is 6.35. The molecule has 5 heteroatoms. The van der Waals surface area contributed by atoms with E-state index in [1.807, 2.05) is 25.5 Å². The summed E-state index contributed by atoms with van der Waals surface area (Å²) in [4.78, 5) is 10.1. The van der Waals surface area contributed by atoms with Crippen LogP contribution in [0.2, 0.25) is 0 Å². The SMILES string of the molecule is CNC1CCN(c2ccc(-c3c[nH]c4cc(F)ccc34)cn2)CC1. The van der Waals surface area contributed by atoms with Crippen LogP contribution in [0.5, 0.6) is 0 Å². The van der Waals surface area contributed by atoms with Gasteiger partial charge in [0.15, 0.2) is 0 Å². The molecule has 0 radical (unpaired) electrons. The summed E-state index contributed by atoms with van der Waals surface area (Å²) >= 11 is 0. The van der Waals surface area contributed by atoms with Crippen LogP contribution in [-0.4, -0.2) is 36.1 Å². The number of aromatic amines is 1. The number of benzene rings is 1. The molecule has 2 N–H and O–H groups in total. The maximum absolute atomic E-state index is 13.3. The van der Waals surface area contributed by atoms with Crippen molar-refractivity contribution < 1.29 is 4.39 Å². The first kappa shape index (κ1) is 15.1. The zero-order valence-corrected chi connectivity index (χ0v) is 13.7. The molecule has 0 bridgehead atoms. The van der Waals surface area contributed by atoms with Crippen molar-refractivity contribution in [3.05, 3.63) is 48.5 Å². The molecule has 4 rings (SSSR count). The van der Waals surface area contributed by atoms with Gasteiger partial charge in [0.05, 0.1) is 0 Å². The Morgan fingerprint density at radius 2 is 2.04 bits per heavy atom. The normalized spacial score (nSPS) is 16.0. The molecule has 0 atom stereocenters. The van der Waals surface area contributed by atoms with E-state index in [0.717, 1.165) is 53.8 Å². The second-order valence-corrected chi connectivity index (χ2v) is 6.35. The minimum atomic E-state index is -0.227. The number of hydrogen-bond acceptors (Lipinski definition) is 3. The number of H-pyrrole nitrogens is 1. The smallest absolute Gasteiger partial charge is 0.128 e. The van der Waals surface area contributed by atoms with E-state index in [9.17, 15) is 4.39 Å². The van der Waals surface area contributed by atoms with Crippen molar-refractivity contribution in [2.45, 2.75) is 18.9 Å². The predicted octanol–water partition coefficient (Wildman–Crippen LogP) is 3.56. The molecule has 0 spiro atoms. The van der Waals surface area contributed by atoms with E-state index >= 15 is 0 Å². The van der Waals surface area contributed by atoms with Gasteiger partial charge >= 0.3 is 0 Å². The molecule has 1 aliphatic rings. The zero-order chi connectivity index (χ0) is 16.5. The Kier molecular flexibility index (Phi) is 3.94. The Morgan fingerprint density at radius 3 is 2.75 bits per heavy atom. The van der Waals surface area contributed by atoms with Gasteiger partial charge in [-0.25, -0.2) is 9.37 Å². The average Bonchev–Trinajstić information content (AvgIpc) is 3.05. The Balaban J connectivity index is 1.57. The summed E-state index contributed by atoms with van der Waals surface area (Å²) in [6, 6.07) is 9.62. The number of anilines is 1. The maximum atomic E-state index is 13.3. The molecule has 2 aromatic heterocycles. The van der Waals surface area contributed by atoms with E-state index in [1.54, 1.807) is 0 Å². The number of fused-ring (bicyclic) bond motifs is 1. The van der Waals surface area contributed by atoms with Crippen LogP contribution in [0.15, 0.2) is 42.7 Å². The molecule has 3 aromatic rings. The molecule has 0 amide bonds. The molecule has 1 saturated heterocycles. The summed E-state index contributed by atoms with van der Waals surface area (Å²) in [5, 5.41) is 4.36. The minimum absolute atomic E-state index is 0.227. The third-order valence-corrected chi connectivity index (χ3v) is 4.93. The van der Waals surface area contributed by atoms with Gasteiger partial charge in [-0.1, -0.05) is 0 Å². The first-order valence-corrected chi connectivity index (χ1v) is 8.40. The number of rotatable bonds is 3. The molecule has 124 valence electrons. The second kappa shape index (κ2) is 6.24. The molecule has 1 fully saturated rings. The van der Waals surface area contributed by atoms with Crippen LogP contribution in [0.1, 0.15) is 12.8 Å². The van der Waals surface area contributed by atoms with Crippen LogP contribution in [0.3, 0.4) is 0 Å².